The molecule has 2 aromatic rings. The molecule has 0 radical (unpaired) electrons. The Morgan fingerprint density at radius 2 is 1.60 bits per heavy atom. The number of imidazole rings is 2. The van der Waals surface area contributed by atoms with Crippen LogP contribution in [0.4, 0.5) is 0 Å². The molecule has 0 bridgehead atoms. The number of nitrogens with zero attached hydrogens (tertiary/aromatic N) is 2. The van der Waals surface area contributed by atoms with Crippen LogP contribution in [0.25, 0.3) is 0 Å². The number of carboxylic acids is 1. The third-order valence-electron chi connectivity index (χ3n) is 3.41. The van der Waals surface area contributed by atoms with Gasteiger partial charge in [-0.3, -0.25) is 9.59 Å². The highest BCUT2D eigenvalue weighted by atomic mass is 16.4. The van der Waals surface area contributed by atoms with Gasteiger partial charge in [0.15, 0.2) is 0 Å². The van der Waals surface area contributed by atoms with Crippen molar-refractivity contribution in [2.45, 2.75) is 24.9 Å². The Hall–Kier alpha value is -3.21. The summed E-state index contributed by atoms with van der Waals surface area (Å²) < 4.78 is 0. The van der Waals surface area contributed by atoms with Gasteiger partial charge in [-0.05, 0) is 0 Å². The van der Waals surface area contributed by atoms with E-state index in [1.54, 1.807) is 0 Å². The van der Waals surface area contributed by atoms with Crippen LogP contribution in [0.3, 0.4) is 0 Å². The molecule has 11 nitrogen and oxygen atoms in total. The minimum Gasteiger partial charge on any atom is -0.480 e. The fourth-order valence-corrected chi connectivity index (χ4v) is 2.17. The fourth-order valence-electron chi connectivity index (χ4n) is 2.17. The molecule has 0 aliphatic carbocycles. The van der Waals surface area contributed by atoms with Crippen LogP contribution >= 0.6 is 0 Å². The van der Waals surface area contributed by atoms with E-state index in [9.17, 15) is 19.5 Å². The second-order valence-electron chi connectivity index (χ2n) is 5.29. The Balaban J connectivity index is 2.07. The Labute approximate surface area is 142 Å². The molecule has 25 heavy (non-hydrogen) atoms. The Morgan fingerprint density at radius 3 is 2.04 bits per heavy atom. The molecule has 0 aliphatic heterocycles. The molecule has 134 valence electrons. The summed E-state index contributed by atoms with van der Waals surface area (Å²) in [6, 6.07) is -2.16. The summed E-state index contributed by atoms with van der Waals surface area (Å²) in [5, 5.41) is 14.2. The largest absolute Gasteiger partial charge is 0.480 e. The van der Waals surface area contributed by atoms with E-state index in [1.807, 2.05) is 0 Å². The number of aliphatic carboxylic acids is 1. The normalized spacial score (nSPS) is 13.0. The Bertz CT molecular complexity index is 699. The van der Waals surface area contributed by atoms with Crippen LogP contribution in [0.2, 0.25) is 0 Å². The van der Waals surface area contributed by atoms with Crippen LogP contribution in [0, 0.1) is 0 Å². The molecule has 2 aromatic heterocycles. The maximum Gasteiger partial charge on any atom is 0.326 e. The van der Waals surface area contributed by atoms with Gasteiger partial charge in [-0.2, -0.15) is 0 Å². The fraction of sp³-hybridized carbons (Fsp3) is 0.357. The molecule has 7 N–H and O–H groups in total. The molecule has 0 saturated carbocycles. The highest BCUT2D eigenvalue weighted by molar-refractivity contribution is 5.91. The molecule has 0 fully saturated rings. The van der Waals surface area contributed by atoms with Crippen LogP contribution < -0.4 is 16.4 Å². The minimum atomic E-state index is -1.20. The van der Waals surface area contributed by atoms with Crippen LogP contribution in [0.15, 0.2) is 25.0 Å². The molecule has 2 atom stereocenters. The van der Waals surface area contributed by atoms with E-state index in [0.717, 1.165) is 0 Å². The number of H-pyrrole nitrogens is 2. The van der Waals surface area contributed by atoms with Crippen LogP contribution in [-0.2, 0) is 27.2 Å². The second-order valence-corrected chi connectivity index (χ2v) is 5.29. The number of hydrogen-bond donors (Lipinski definition) is 6. The number of nitrogens with two attached hydrogens (primary N) is 1. The van der Waals surface area contributed by atoms with E-state index in [-0.39, 0.29) is 19.4 Å². The molecular weight excluding hydrogens is 330 g/mol. The van der Waals surface area contributed by atoms with Crippen molar-refractivity contribution in [1.82, 2.24) is 30.6 Å². The lowest BCUT2D eigenvalue weighted by atomic mass is 10.1. The predicted octanol–water partition coefficient (Wildman–Crippen LogP) is -2.07. The van der Waals surface area contributed by atoms with Gasteiger partial charge in [-0.25, -0.2) is 14.8 Å². The topological polar surface area (TPSA) is 179 Å². The molecule has 2 amide bonds. The summed E-state index contributed by atoms with van der Waals surface area (Å²) in [5.74, 6) is -2.36. The van der Waals surface area contributed by atoms with Gasteiger partial charge in [0.05, 0.1) is 19.2 Å². The van der Waals surface area contributed by atoms with Crippen LogP contribution in [-0.4, -0.2) is 61.5 Å². The highest BCUT2D eigenvalue weighted by Gasteiger charge is 2.27. The van der Waals surface area contributed by atoms with Crippen molar-refractivity contribution in [3.8, 4) is 0 Å². The predicted molar refractivity (Wildman–Crippen MR) is 85.1 cm³/mol. The van der Waals surface area contributed by atoms with Crippen molar-refractivity contribution >= 4 is 17.8 Å². The molecule has 0 unspecified atom stereocenters. The first-order chi connectivity index (χ1) is 12.0. The third-order valence-corrected chi connectivity index (χ3v) is 3.41. The number of carbonyl (C=O) groups excluding carboxylic acids is 2. The molecule has 0 aliphatic rings. The number of aromatic amines is 2. The third kappa shape index (κ3) is 5.42. The molecule has 0 aromatic carbocycles. The summed E-state index contributed by atoms with van der Waals surface area (Å²) in [6.07, 6.45) is 5.98. The van der Waals surface area contributed by atoms with Crippen molar-refractivity contribution in [2.75, 3.05) is 6.54 Å². The summed E-state index contributed by atoms with van der Waals surface area (Å²) >= 11 is 0. The smallest absolute Gasteiger partial charge is 0.326 e. The van der Waals surface area contributed by atoms with Crippen molar-refractivity contribution in [2.24, 2.45) is 5.73 Å². The lowest BCUT2D eigenvalue weighted by Gasteiger charge is -2.20. The van der Waals surface area contributed by atoms with Gasteiger partial charge in [-0.1, -0.05) is 0 Å². The van der Waals surface area contributed by atoms with Crippen molar-refractivity contribution in [3.05, 3.63) is 36.4 Å². The standard InChI is InChI=1S/C14H19N7O4/c15-3-12(22)20-10(1-8-4-16-6-18-8)13(23)21-11(14(24)25)2-9-5-17-7-19-9/h4-7,10-11H,1-3,15H2,(H,16,18)(H,17,19)(H,20,22)(H,21,23)(H,24,25)/t10-,11-/m0/s1. The summed E-state index contributed by atoms with van der Waals surface area (Å²) in [7, 11) is 0. The first-order valence-electron chi connectivity index (χ1n) is 7.46. The van der Waals surface area contributed by atoms with Crippen molar-refractivity contribution < 1.29 is 19.5 Å². The number of hydrogen-bond acceptors (Lipinski definition) is 6. The van der Waals surface area contributed by atoms with E-state index in [2.05, 4.69) is 30.6 Å². The van der Waals surface area contributed by atoms with Gasteiger partial charge >= 0.3 is 5.97 Å². The van der Waals surface area contributed by atoms with Gasteiger partial charge in [0.1, 0.15) is 12.1 Å². The highest BCUT2D eigenvalue weighted by Crippen LogP contribution is 2.03. The maximum atomic E-state index is 12.5. The Kier molecular flexibility index (Phi) is 6.23. The van der Waals surface area contributed by atoms with Gasteiger partial charge in [0.2, 0.25) is 11.8 Å². The van der Waals surface area contributed by atoms with E-state index in [1.165, 1.54) is 25.0 Å². The quantitative estimate of drug-likeness (QED) is 0.301. The van der Waals surface area contributed by atoms with E-state index in [0.29, 0.717) is 11.4 Å². The van der Waals surface area contributed by atoms with Gasteiger partial charge < -0.3 is 31.4 Å². The number of nitrogens with one attached hydrogen (secondary N) is 4. The lowest BCUT2D eigenvalue weighted by molar-refractivity contribution is -0.142. The molecule has 2 rings (SSSR count). The lowest BCUT2D eigenvalue weighted by Crippen LogP contribution is -2.54. The SMILES string of the molecule is NCC(=O)N[C@@H](Cc1cnc[nH]1)C(=O)N[C@@H](Cc1cnc[nH]1)C(=O)O. The van der Waals surface area contributed by atoms with Gasteiger partial charge in [0.25, 0.3) is 0 Å². The average Bonchev–Trinajstić information content (AvgIpc) is 3.26. The number of amides is 2. The summed E-state index contributed by atoms with van der Waals surface area (Å²) in [5.41, 5.74) is 6.43. The monoisotopic (exact) mass is 349 g/mol. The van der Waals surface area contributed by atoms with E-state index >= 15 is 0 Å². The van der Waals surface area contributed by atoms with E-state index < -0.39 is 29.9 Å². The first-order valence-corrected chi connectivity index (χ1v) is 7.46. The molecular formula is C14H19N7O4. The van der Waals surface area contributed by atoms with Gasteiger partial charge in [-0.15, -0.1) is 0 Å². The van der Waals surface area contributed by atoms with Crippen molar-refractivity contribution in [3.63, 3.8) is 0 Å². The zero-order valence-electron chi connectivity index (χ0n) is 13.2. The number of carboxylic acid groups (broad SMARTS) is 1. The molecule has 0 saturated heterocycles. The van der Waals surface area contributed by atoms with Crippen molar-refractivity contribution in [1.29, 1.82) is 0 Å². The maximum absolute atomic E-state index is 12.5. The minimum absolute atomic E-state index is 0.0304. The second kappa shape index (κ2) is 8.59. The average molecular weight is 349 g/mol. The molecule has 2 heterocycles. The zero-order valence-corrected chi connectivity index (χ0v) is 13.2. The molecule has 0 spiro atoms. The summed E-state index contributed by atoms with van der Waals surface area (Å²) in [6.45, 7) is -0.288. The molecule has 11 heteroatoms. The Morgan fingerprint density at radius 1 is 1.04 bits per heavy atom. The first kappa shape index (κ1) is 18.1. The van der Waals surface area contributed by atoms with Gasteiger partial charge in [0, 0.05) is 36.6 Å². The van der Waals surface area contributed by atoms with Crippen LogP contribution in [0.1, 0.15) is 11.4 Å². The summed E-state index contributed by atoms with van der Waals surface area (Å²) in [4.78, 5) is 48.7. The number of aromatic nitrogens is 4. The van der Waals surface area contributed by atoms with E-state index in [4.69, 9.17) is 5.73 Å². The van der Waals surface area contributed by atoms with Crippen LogP contribution in [0.5, 0.6) is 0 Å². The zero-order chi connectivity index (χ0) is 18.2. The number of carbonyl (C=O) groups is 3. The number of rotatable bonds is 9.